The number of ether oxygens (including phenoxy) is 1. The fraction of sp³-hybridized carbons (Fsp3) is 0.571. The summed E-state index contributed by atoms with van der Waals surface area (Å²) >= 11 is 0. The molecule has 0 unspecified atom stereocenters. The Balaban J connectivity index is 1.49. The summed E-state index contributed by atoms with van der Waals surface area (Å²) < 4.78 is 16.4. The van der Waals surface area contributed by atoms with E-state index >= 15 is 0 Å². The number of furan rings is 1. The van der Waals surface area contributed by atoms with E-state index in [9.17, 15) is 0 Å². The third-order valence-electron chi connectivity index (χ3n) is 3.54. The average molecular weight is 293 g/mol. The molecule has 0 radical (unpaired) electrons. The second kappa shape index (κ2) is 6.84. The van der Waals surface area contributed by atoms with Gasteiger partial charge >= 0.3 is 0 Å². The number of aliphatic hydroxyl groups is 1. The molecule has 1 fully saturated rings. The highest BCUT2D eigenvalue weighted by atomic mass is 16.5. The number of rotatable bonds is 6. The zero-order valence-corrected chi connectivity index (χ0v) is 11.8. The van der Waals surface area contributed by atoms with Gasteiger partial charge in [0.1, 0.15) is 0 Å². The lowest BCUT2D eigenvalue weighted by Crippen LogP contribution is -2.37. The van der Waals surface area contributed by atoms with Crippen LogP contribution in [-0.2, 0) is 11.3 Å². The number of hydrogen-bond acceptors (Lipinski definition) is 7. The highest BCUT2D eigenvalue weighted by Gasteiger charge is 2.21. The predicted molar refractivity (Wildman–Crippen MR) is 73.3 cm³/mol. The molecule has 0 aromatic carbocycles. The fourth-order valence-electron chi connectivity index (χ4n) is 2.46. The van der Waals surface area contributed by atoms with E-state index in [0.29, 0.717) is 30.7 Å². The smallest absolute Gasteiger partial charge is 0.283 e. The van der Waals surface area contributed by atoms with Gasteiger partial charge in [-0.2, -0.15) is 0 Å². The number of aromatic nitrogens is 2. The van der Waals surface area contributed by atoms with E-state index < -0.39 is 0 Å². The van der Waals surface area contributed by atoms with Crippen molar-refractivity contribution in [2.75, 3.05) is 26.3 Å². The quantitative estimate of drug-likeness (QED) is 0.859. The van der Waals surface area contributed by atoms with Crippen LogP contribution in [0.2, 0.25) is 0 Å². The molecule has 0 atom stereocenters. The molecule has 0 saturated carbocycles. The molecule has 1 N–H and O–H groups in total. The molecule has 1 aliphatic rings. The van der Waals surface area contributed by atoms with E-state index in [0.717, 1.165) is 25.9 Å². The van der Waals surface area contributed by atoms with Crippen molar-refractivity contribution >= 4 is 0 Å². The van der Waals surface area contributed by atoms with Gasteiger partial charge in [-0.3, -0.25) is 4.90 Å². The Hall–Kier alpha value is -1.70. The van der Waals surface area contributed by atoms with Crippen molar-refractivity contribution in [1.29, 1.82) is 0 Å². The minimum atomic E-state index is 0.0811. The Morgan fingerprint density at radius 3 is 2.90 bits per heavy atom. The van der Waals surface area contributed by atoms with Gasteiger partial charge in [-0.15, -0.1) is 10.2 Å². The summed E-state index contributed by atoms with van der Waals surface area (Å²) in [6.07, 6.45) is 3.74. The Bertz CT molecular complexity index is 532. The molecule has 2 aromatic rings. The Morgan fingerprint density at radius 1 is 1.33 bits per heavy atom. The van der Waals surface area contributed by atoms with Crippen LogP contribution in [0.3, 0.4) is 0 Å². The van der Waals surface area contributed by atoms with Crippen LogP contribution in [0.25, 0.3) is 11.7 Å². The van der Waals surface area contributed by atoms with E-state index in [2.05, 4.69) is 15.1 Å². The van der Waals surface area contributed by atoms with Crippen LogP contribution in [0.15, 0.2) is 27.2 Å². The van der Waals surface area contributed by atoms with Crippen molar-refractivity contribution in [1.82, 2.24) is 15.1 Å². The van der Waals surface area contributed by atoms with E-state index in [1.54, 1.807) is 18.4 Å². The molecule has 0 spiro atoms. The number of aliphatic hydroxyl groups excluding tert-OH is 1. The third-order valence-corrected chi connectivity index (χ3v) is 3.54. The van der Waals surface area contributed by atoms with E-state index in [1.807, 2.05) is 0 Å². The van der Waals surface area contributed by atoms with Gasteiger partial charge in [-0.1, -0.05) is 0 Å². The van der Waals surface area contributed by atoms with Crippen molar-refractivity contribution in [2.24, 2.45) is 0 Å². The summed E-state index contributed by atoms with van der Waals surface area (Å²) in [4.78, 5) is 2.26. The molecule has 21 heavy (non-hydrogen) atoms. The topological polar surface area (TPSA) is 84.8 Å². The first-order valence-corrected chi connectivity index (χ1v) is 7.16. The van der Waals surface area contributed by atoms with Crippen LogP contribution in [0.5, 0.6) is 0 Å². The van der Waals surface area contributed by atoms with Gasteiger partial charge in [-0.25, -0.2) is 0 Å². The first-order valence-electron chi connectivity index (χ1n) is 7.16. The molecule has 1 saturated heterocycles. The molecule has 114 valence electrons. The van der Waals surface area contributed by atoms with Crippen LogP contribution in [0.4, 0.5) is 0 Å². The maximum Gasteiger partial charge on any atom is 0.283 e. The Labute approximate surface area is 122 Å². The summed E-state index contributed by atoms with van der Waals surface area (Å²) in [5, 5.41) is 16.8. The van der Waals surface area contributed by atoms with Gasteiger partial charge < -0.3 is 18.7 Å². The van der Waals surface area contributed by atoms with E-state index in [-0.39, 0.29) is 12.7 Å². The fourth-order valence-corrected chi connectivity index (χ4v) is 2.46. The molecule has 0 amide bonds. The molecule has 0 aliphatic carbocycles. The number of nitrogens with zero attached hydrogens (tertiary/aromatic N) is 3. The lowest BCUT2D eigenvalue weighted by atomic mass is 10.1. The van der Waals surface area contributed by atoms with Gasteiger partial charge in [0.05, 0.1) is 32.1 Å². The Morgan fingerprint density at radius 2 is 2.19 bits per heavy atom. The van der Waals surface area contributed by atoms with Crippen molar-refractivity contribution in [3.8, 4) is 11.7 Å². The molecule has 7 heteroatoms. The molecule has 2 aromatic heterocycles. The van der Waals surface area contributed by atoms with Crippen LogP contribution >= 0.6 is 0 Å². The summed E-state index contributed by atoms with van der Waals surface area (Å²) in [6, 6.07) is 3.58. The molecular formula is C14H19N3O4. The average Bonchev–Trinajstić information content (AvgIpc) is 3.17. The molecule has 3 rings (SSSR count). The van der Waals surface area contributed by atoms with Crippen molar-refractivity contribution in [2.45, 2.75) is 25.5 Å². The van der Waals surface area contributed by atoms with E-state index in [1.165, 1.54) is 0 Å². The first kappa shape index (κ1) is 14.2. The zero-order valence-electron chi connectivity index (χ0n) is 11.8. The minimum Gasteiger partial charge on any atom is -0.459 e. The van der Waals surface area contributed by atoms with Crippen molar-refractivity contribution in [3.05, 3.63) is 24.3 Å². The second-order valence-electron chi connectivity index (χ2n) is 5.05. The van der Waals surface area contributed by atoms with Crippen LogP contribution in [0, 0.1) is 0 Å². The van der Waals surface area contributed by atoms with Crippen LogP contribution < -0.4 is 0 Å². The summed E-state index contributed by atoms with van der Waals surface area (Å²) in [7, 11) is 0. The standard InChI is InChI=1S/C14H19N3O4/c18-7-9-19-11-3-5-17(6-4-11)10-13-15-16-14(21-13)12-2-1-8-20-12/h1-2,8,11,18H,3-7,9-10H2. The Kier molecular flexibility index (Phi) is 4.64. The monoisotopic (exact) mass is 293 g/mol. The highest BCUT2D eigenvalue weighted by molar-refractivity contribution is 5.42. The van der Waals surface area contributed by atoms with Crippen LogP contribution in [0.1, 0.15) is 18.7 Å². The SMILES string of the molecule is OCCOC1CCN(Cc2nnc(-c3ccco3)o2)CC1. The highest BCUT2D eigenvalue weighted by Crippen LogP contribution is 2.20. The summed E-state index contributed by atoms with van der Waals surface area (Å²) in [6.45, 7) is 2.99. The van der Waals surface area contributed by atoms with Gasteiger partial charge in [0.25, 0.3) is 5.89 Å². The van der Waals surface area contributed by atoms with Crippen molar-refractivity contribution < 1.29 is 18.7 Å². The molecule has 1 aliphatic heterocycles. The largest absolute Gasteiger partial charge is 0.459 e. The predicted octanol–water partition coefficient (Wildman–Crippen LogP) is 1.30. The third kappa shape index (κ3) is 3.69. The maximum absolute atomic E-state index is 8.75. The van der Waals surface area contributed by atoms with Crippen molar-refractivity contribution in [3.63, 3.8) is 0 Å². The zero-order chi connectivity index (χ0) is 14.5. The summed E-state index contributed by atoms with van der Waals surface area (Å²) in [5.74, 6) is 1.59. The van der Waals surface area contributed by atoms with Gasteiger partial charge in [0.2, 0.25) is 5.89 Å². The normalized spacial score (nSPS) is 17.4. The van der Waals surface area contributed by atoms with E-state index in [4.69, 9.17) is 18.7 Å². The molecule has 3 heterocycles. The minimum absolute atomic E-state index is 0.0811. The number of hydrogen-bond donors (Lipinski definition) is 1. The lowest BCUT2D eigenvalue weighted by Gasteiger charge is -2.30. The van der Waals surface area contributed by atoms with Crippen LogP contribution in [-0.4, -0.2) is 52.6 Å². The first-order chi connectivity index (χ1) is 10.3. The summed E-state index contributed by atoms with van der Waals surface area (Å²) in [5.41, 5.74) is 0. The molecular weight excluding hydrogens is 274 g/mol. The molecule has 7 nitrogen and oxygen atoms in total. The second-order valence-corrected chi connectivity index (χ2v) is 5.05. The maximum atomic E-state index is 8.75. The lowest BCUT2D eigenvalue weighted by molar-refractivity contribution is -0.0101. The van der Waals surface area contributed by atoms with Gasteiger partial charge in [0, 0.05) is 13.1 Å². The number of likely N-dealkylation sites (tertiary alicyclic amines) is 1. The number of piperidine rings is 1. The van der Waals surface area contributed by atoms with Gasteiger partial charge in [0.15, 0.2) is 5.76 Å². The van der Waals surface area contributed by atoms with Gasteiger partial charge in [-0.05, 0) is 25.0 Å². The molecule has 0 bridgehead atoms.